The molecule has 0 radical (unpaired) electrons. The van der Waals surface area contributed by atoms with Crippen molar-refractivity contribution in [2.45, 2.75) is 6.18 Å². The highest BCUT2D eigenvalue weighted by Gasteiger charge is 2.30. The number of carbonyl (C=O) groups is 1. The maximum Gasteiger partial charge on any atom is 0.422 e. The molecule has 0 fully saturated rings. The van der Waals surface area contributed by atoms with Gasteiger partial charge in [-0.25, -0.2) is 18.0 Å². The van der Waals surface area contributed by atoms with Crippen molar-refractivity contribution < 1.29 is 35.9 Å². The van der Waals surface area contributed by atoms with Crippen LogP contribution in [0.3, 0.4) is 0 Å². The standard InChI is InChI=1S/C18H11ClF6N4O3/c1-28-16(19)27-29(17(28)31)12-6-13(32-7-18(23,24)25)8(5-11(12)22)15(30)26-14-9(20)3-2-4-10(14)21/h2-6H,7H2,1H3,(H,26,30). The summed E-state index contributed by atoms with van der Waals surface area (Å²) in [7, 11) is 1.21. The van der Waals surface area contributed by atoms with Gasteiger partial charge in [-0.3, -0.25) is 9.36 Å². The lowest BCUT2D eigenvalue weighted by atomic mass is 10.1. The van der Waals surface area contributed by atoms with Crippen molar-refractivity contribution >= 4 is 23.2 Å². The second-order valence-corrected chi connectivity index (χ2v) is 6.61. The number of anilines is 1. The molecule has 0 aliphatic heterocycles. The molecule has 1 amide bonds. The van der Waals surface area contributed by atoms with Crippen LogP contribution < -0.4 is 15.7 Å². The highest BCUT2D eigenvalue weighted by atomic mass is 35.5. The van der Waals surface area contributed by atoms with Gasteiger partial charge in [0, 0.05) is 13.1 Å². The fourth-order valence-electron chi connectivity index (χ4n) is 2.53. The third-order valence-corrected chi connectivity index (χ3v) is 4.37. The summed E-state index contributed by atoms with van der Waals surface area (Å²) in [5, 5.41) is 5.03. The number of para-hydroxylation sites is 1. The van der Waals surface area contributed by atoms with Gasteiger partial charge >= 0.3 is 11.9 Å². The molecule has 14 heteroatoms. The first-order valence-electron chi connectivity index (χ1n) is 8.49. The number of halogens is 7. The van der Waals surface area contributed by atoms with Crippen LogP contribution in [0.15, 0.2) is 35.1 Å². The van der Waals surface area contributed by atoms with Crippen molar-refractivity contribution in [1.29, 1.82) is 0 Å². The van der Waals surface area contributed by atoms with E-state index < -0.39 is 64.5 Å². The molecule has 1 heterocycles. The summed E-state index contributed by atoms with van der Waals surface area (Å²) in [5.41, 5.74) is -3.35. The molecule has 3 rings (SSSR count). The number of aromatic nitrogens is 3. The summed E-state index contributed by atoms with van der Waals surface area (Å²) >= 11 is 5.69. The Hall–Kier alpha value is -3.48. The lowest BCUT2D eigenvalue weighted by Crippen LogP contribution is -2.24. The van der Waals surface area contributed by atoms with Crippen LogP contribution >= 0.6 is 11.6 Å². The molecular formula is C18H11ClF6N4O3. The van der Waals surface area contributed by atoms with Gasteiger partial charge in [-0.1, -0.05) is 6.07 Å². The minimum Gasteiger partial charge on any atom is -0.483 e. The van der Waals surface area contributed by atoms with E-state index in [1.807, 2.05) is 5.32 Å². The van der Waals surface area contributed by atoms with E-state index >= 15 is 0 Å². The van der Waals surface area contributed by atoms with Gasteiger partial charge in [-0.05, 0) is 29.8 Å². The molecule has 0 aliphatic carbocycles. The second-order valence-electron chi connectivity index (χ2n) is 6.28. The number of nitrogens with zero attached hydrogens (tertiary/aromatic N) is 3. The highest BCUT2D eigenvalue weighted by Crippen LogP contribution is 2.29. The molecule has 0 unspecified atom stereocenters. The number of benzene rings is 2. The summed E-state index contributed by atoms with van der Waals surface area (Å²) in [4.78, 5) is 24.6. The molecule has 0 aliphatic rings. The number of alkyl halides is 3. The van der Waals surface area contributed by atoms with E-state index in [1.54, 1.807) is 0 Å². The molecule has 0 bridgehead atoms. The predicted octanol–water partition coefficient (Wildman–Crippen LogP) is 3.84. The topological polar surface area (TPSA) is 78.2 Å². The van der Waals surface area contributed by atoms with Crippen molar-refractivity contribution in [3.8, 4) is 11.4 Å². The molecule has 1 N–H and O–H groups in total. The van der Waals surface area contributed by atoms with Gasteiger partial charge in [0.25, 0.3) is 5.91 Å². The Kier molecular flexibility index (Phi) is 6.21. The van der Waals surface area contributed by atoms with Gasteiger partial charge in [0.1, 0.15) is 34.6 Å². The minimum atomic E-state index is -4.84. The quantitative estimate of drug-likeness (QED) is 0.563. The third kappa shape index (κ3) is 4.72. The Morgan fingerprint density at radius 1 is 1.16 bits per heavy atom. The number of rotatable bonds is 5. The molecule has 0 spiro atoms. The van der Waals surface area contributed by atoms with E-state index in [1.165, 1.54) is 7.05 Å². The number of carbonyl (C=O) groups excluding carboxylic acids is 1. The maximum atomic E-state index is 14.7. The zero-order valence-corrected chi connectivity index (χ0v) is 16.6. The maximum absolute atomic E-state index is 14.7. The van der Waals surface area contributed by atoms with Crippen LogP contribution in [-0.2, 0) is 7.05 Å². The largest absolute Gasteiger partial charge is 0.483 e. The Bertz CT molecular complexity index is 1230. The number of hydrogen-bond donors (Lipinski definition) is 1. The molecular weight excluding hydrogens is 470 g/mol. The van der Waals surface area contributed by atoms with Gasteiger partial charge in [0.2, 0.25) is 5.28 Å². The minimum absolute atomic E-state index is 0.357. The Labute approximate surface area is 179 Å². The number of hydrogen-bond acceptors (Lipinski definition) is 4. The second kappa shape index (κ2) is 8.57. The molecule has 7 nitrogen and oxygen atoms in total. The zero-order valence-electron chi connectivity index (χ0n) is 15.8. The summed E-state index contributed by atoms with van der Waals surface area (Å²) in [6.45, 7) is -1.88. The van der Waals surface area contributed by atoms with Crippen molar-refractivity contribution in [3.63, 3.8) is 0 Å². The van der Waals surface area contributed by atoms with Crippen LogP contribution in [0.2, 0.25) is 5.28 Å². The molecule has 32 heavy (non-hydrogen) atoms. The zero-order chi connectivity index (χ0) is 23.8. The van der Waals surface area contributed by atoms with E-state index in [2.05, 4.69) is 9.84 Å². The molecule has 170 valence electrons. The Morgan fingerprint density at radius 2 is 1.78 bits per heavy atom. The number of ether oxygens (including phenoxy) is 1. The van der Waals surface area contributed by atoms with Crippen LogP contribution in [0.4, 0.5) is 32.0 Å². The predicted molar refractivity (Wildman–Crippen MR) is 99.6 cm³/mol. The highest BCUT2D eigenvalue weighted by molar-refractivity contribution is 6.28. The van der Waals surface area contributed by atoms with Gasteiger partial charge in [0.05, 0.1) is 5.56 Å². The smallest absolute Gasteiger partial charge is 0.422 e. The van der Waals surface area contributed by atoms with Crippen molar-refractivity contribution in [2.75, 3.05) is 11.9 Å². The molecule has 0 saturated heterocycles. The van der Waals surface area contributed by atoms with E-state index in [4.69, 9.17) is 11.6 Å². The fraction of sp³-hybridized carbons (Fsp3) is 0.167. The third-order valence-electron chi connectivity index (χ3n) is 4.04. The van der Waals surface area contributed by atoms with Crippen molar-refractivity contribution in [3.05, 3.63) is 69.1 Å². The van der Waals surface area contributed by atoms with E-state index in [-0.39, 0.29) is 5.28 Å². The summed E-state index contributed by atoms with van der Waals surface area (Å²) < 4.78 is 86.2. The van der Waals surface area contributed by atoms with Gasteiger partial charge in [-0.15, -0.1) is 5.10 Å². The first kappa shape index (κ1) is 23.2. The van der Waals surface area contributed by atoms with Crippen LogP contribution in [0.5, 0.6) is 5.75 Å². The monoisotopic (exact) mass is 480 g/mol. The first-order valence-corrected chi connectivity index (χ1v) is 8.87. The Balaban J connectivity index is 2.10. The normalized spacial score (nSPS) is 11.5. The van der Waals surface area contributed by atoms with Crippen LogP contribution in [0, 0.1) is 17.5 Å². The van der Waals surface area contributed by atoms with E-state index in [0.29, 0.717) is 16.8 Å². The number of nitrogens with one attached hydrogen (secondary N) is 1. The molecule has 1 aromatic heterocycles. The average molecular weight is 481 g/mol. The van der Waals surface area contributed by atoms with Crippen molar-refractivity contribution in [2.24, 2.45) is 7.05 Å². The SMILES string of the molecule is Cn1c(Cl)nn(-c2cc(OCC(F)(F)F)c(C(=O)Nc3c(F)cccc3F)cc2F)c1=O. The van der Waals surface area contributed by atoms with Crippen LogP contribution in [0.25, 0.3) is 5.69 Å². The van der Waals surface area contributed by atoms with Gasteiger partial charge in [0.15, 0.2) is 6.61 Å². The lowest BCUT2D eigenvalue weighted by molar-refractivity contribution is -0.153. The molecule has 0 saturated carbocycles. The fourth-order valence-corrected chi connectivity index (χ4v) is 2.68. The summed E-state index contributed by atoms with van der Waals surface area (Å²) in [6, 6.07) is 3.70. The van der Waals surface area contributed by atoms with Crippen LogP contribution in [-0.4, -0.2) is 33.0 Å². The Morgan fingerprint density at radius 3 is 2.31 bits per heavy atom. The molecule has 3 aromatic rings. The van der Waals surface area contributed by atoms with E-state index in [9.17, 15) is 35.9 Å². The van der Waals surface area contributed by atoms with Gasteiger partial charge < -0.3 is 10.1 Å². The number of amides is 1. The average Bonchev–Trinajstić information content (AvgIpc) is 2.96. The first-order chi connectivity index (χ1) is 14.9. The molecule has 2 aromatic carbocycles. The van der Waals surface area contributed by atoms with Crippen molar-refractivity contribution in [1.82, 2.24) is 14.3 Å². The summed E-state index contributed by atoms with van der Waals surface area (Å²) in [6.07, 6.45) is -4.84. The summed E-state index contributed by atoms with van der Waals surface area (Å²) in [5.74, 6) is -5.84. The van der Waals surface area contributed by atoms with E-state index in [0.717, 1.165) is 22.8 Å². The lowest BCUT2D eigenvalue weighted by Gasteiger charge is -2.15. The molecule has 0 atom stereocenters. The van der Waals surface area contributed by atoms with Gasteiger partial charge in [-0.2, -0.15) is 17.9 Å². The van der Waals surface area contributed by atoms with Crippen LogP contribution in [0.1, 0.15) is 10.4 Å².